The lowest BCUT2D eigenvalue weighted by Gasteiger charge is -2.21. The summed E-state index contributed by atoms with van der Waals surface area (Å²) in [6.45, 7) is 8.95. The van der Waals surface area contributed by atoms with Gasteiger partial charge in [0.25, 0.3) is 0 Å². The Labute approximate surface area is 182 Å². The Hall–Kier alpha value is -3.39. The molecular formula is C29H26NO+. The zero-order chi connectivity index (χ0) is 21.5. The largest absolute Gasteiger partial charge is 0.455 e. The van der Waals surface area contributed by atoms with Crippen LogP contribution in [0.3, 0.4) is 0 Å². The summed E-state index contributed by atoms with van der Waals surface area (Å²) in [6.07, 6.45) is 2.17. The van der Waals surface area contributed by atoms with E-state index >= 15 is 0 Å². The molecule has 6 rings (SSSR count). The van der Waals surface area contributed by atoms with Gasteiger partial charge in [0, 0.05) is 27.8 Å². The predicted molar refractivity (Wildman–Crippen MR) is 127 cm³/mol. The Balaban J connectivity index is 1.76. The monoisotopic (exact) mass is 404 g/mol. The lowest BCUT2D eigenvalue weighted by Crippen LogP contribution is -2.31. The molecule has 0 bridgehead atoms. The molecule has 0 atom stereocenters. The van der Waals surface area contributed by atoms with Crippen molar-refractivity contribution in [2.45, 2.75) is 33.1 Å². The molecule has 0 amide bonds. The smallest absolute Gasteiger partial charge is 0.216 e. The molecular weight excluding hydrogens is 378 g/mol. The van der Waals surface area contributed by atoms with Gasteiger partial charge in [-0.1, -0.05) is 56.3 Å². The summed E-state index contributed by atoms with van der Waals surface area (Å²) in [5.74, 6) is 0. The van der Waals surface area contributed by atoms with Crippen LogP contribution in [-0.2, 0) is 12.5 Å². The first-order valence-electron chi connectivity index (χ1n) is 10.9. The van der Waals surface area contributed by atoms with Crippen molar-refractivity contribution in [1.82, 2.24) is 0 Å². The van der Waals surface area contributed by atoms with Crippen molar-refractivity contribution in [1.29, 1.82) is 0 Å². The van der Waals surface area contributed by atoms with Gasteiger partial charge in [0.2, 0.25) is 5.69 Å². The number of rotatable bonds is 1. The van der Waals surface area contributed by atoms with E-state index in [0.29, 0.717) is 0 Å². The van der Waals surface area contributed by atoms with Crippen LogP contribution in [0.25, 0.3) is 44.3 Å². The van der Waals surface area contributed by atoms with E-state index in [1.807, 2.05) is 0 Å². The van der Waals surface area contributed by atoms with Crippen molar-refractivity contribution in [2.75, 3.05) is 0 Å². The van der Waals surface area contributed by atoms with Crippen LogP contribution in [0.15, 0.2) is 71.3 Å². The zero-order valence-corrected chi connectivity index (χ0v) is 18.7. The van der Waals surface area contributed by atoms with Gasteiger partial charge in [0.05, 0.1) is 5.56 Å². The van der Waals surface area contributed by atoms with Gasteiger partial charge in [-0.05, 0) is 53.8 Å². The molecule has 2 heteroatoms. The SMILES string of the molecule is Cc1ccc(-c2c(C)ccc3c2oc2ccc4c(c23)-c2ccccc2C4(C)C)[n+](C)c1. The van der Waals surface area contributed by atoms with Gasteiger partial charge in [0.15, 0.2) is 6.20 Å². The summed E-state index contributed by atoms with van der Waals surface area (Å²) in [5, 5.41) is 2.43. The second kappa shape index (κ2) is 6.07. The van der Waals surface area contributed by atoms with Crippen LogP contribution in [0.4, 0.5) is 0 Å². The van der Waals surface area contributed by atoms with E-state index in [0.717, 1.165) is 11.2 Å². The third-order valence-electron chi connectivity index (χ3n) is 7.10. The molecule has 5 aromatic rings. The maximum absolute atomic E-state index is 6.60. The van der Waals surface area contributed by atoms with E-state index in [-0.39, 0.29) is 5.41 Å². The Bertz CT molecular complexity index is 1530. The zero-order valence-electron chi connectivity index (χ0n) is 18.7. The summed E-state index contributed by atoms with van der Waals surface area (Å²) in [4.78, 5) is 0. The minimum absolute atomic E-state index is 0.0133. The number of furan rings is 1. The normalized spacial score (nSPS) is 14.2. The second-order valence-electron chi connectivity index (χ2n) is 9.47. The molecule has 0 saturated carbocycles. The van der Waals surface area contributed by atoms with Crippen LogP contribution in [-0.4, -0.2) is 0 Å². The van der Waals surface area contributed by atoms with Crippen LogP contribution >= 0.6 is 0 Å². The van der Waals surface area contributed by atoms with Crippen molar-refractivity contribution in [3.8, 4) is 22.4 Å². The molecule has 0 spiro atoms. The minimum atomic E-state index is -0.0133. The van der Waals surface area contributed by atoms with E-state index in [2.05, 4.69) is 106 Å². The van der Waals surface area contributed by atoms with Crippen molar-refractivity contribution in [3.63, 3.8) is 0 Å². The molecule has 152 valence electrons. The summed E-state index contributed by atoms with van der Waals surface area (Å²) < 4.78 is 8.80. The Kier molecular flexibility index (Phi) is 3.60. The molecule has 0 radical (unpaired) electrons. The maximum Gasteiger partial charge on any atom is 0.216 e. The highest BCUT2D eigenvalue weighted by molar-refractivity contribution is 6.17. The van der Waals surface area contributed by atoms with Crippen LogP contribution in [0.1, 0.15) is 36.1 Å². The molecule has 0 saturated heterocycles. The van der Waals surface area contributed by atoms with Gasteiger partial charge in [-0.25, -0.2) is 4.57 Å². The van der Waals surface area contributed by atoms with E-state index in [9.17, 15) is 0 Å². The molecule has 0 fully saturated rings. The highest BCUT2D eigenvalue weighted by Crippen LogP contribution is 2.53. The van der Waals surface area contributed by atoms with Gasteiger partial charge in [-0.2, -0.15) is 0 Å². The molecule has 3 aromatic carbocycles. The molecule has 2 heterocycles. The van der Waals surface area contributed by atoms with Crippen LogP contribution in [0, 0.1) is 13.8 Å². The fraction of sp³-hybridized carbons (Fsp3) is 0.207. The minimum Gasteiger partial charge on any atom is -0.455 e. The fourth-order valence-electron chi connectivity index (χ4n) is 5.55. The third kappa shape index (κ3) is 2.36. The molecule has 2 nitrogen and oxygen atoms in total. The number of fused-ring (bicyclic) bond motifs is 7. The van der Waals surface area contributed by atoms with E-state index in [4.69, 9.17) is 4.42 Å². The molecule has 0 N–H and O–H groups in total. The van der Waals surface area contributed by atoms with Gasteiger partial charge in [0.1, 0.15) is 18.2 Å². The number of aryl methyl sites for hydroxylation is 3. The number of hydrogen-bond donors (Lipinski definition) is 0. The Morgan fingerprint density at radius 3 is 2.42 bits per heavy atom. The summed E-state index contributed by atoms with van der Waals surface area (Å²) in [6, 6.07) is 22.1. The molecule has 0 unspecified atom stereocenters. The molecule has 2 aromatic heterocycles. The first-order chi connectivity index (χ1) is 14.9. The van der Waals surface area contributed by atoms with Gasteiger partial charge >= 0.3 is 0 Å². The van der Waals surface area contributed by atoms with Crippen LogP contribution in [0.2, 0.25) is 0 Å². The number of hydrogen-bond acceptors (Lipinski definition) is 1. The first kappa shape index (κ1) is 18.4. The average molecular weight is 405 g/mol. The predicted octanol–water partition coefficient (Wildman–Crippen LogP) is 7.00. The number of benzene rings is 3. The second-order valence-corrected chi connectivity index (χ2v) is 9.47. The summed E-state index contributed by atoms with van der Waals surface area (Å²) in [7, 11) is 2.11. The van der Waals surface area contributed by atoms with E-state index < -0.39 is 0 Å². The van der Waals surface area contributed by atoms with E-state index in [1.54, 1.807) is 0 Å². The van der Waals surface area contributed by atoms with E-state index in [1.165, 1.54) is 55.4 Å². The lowest BCUT2D eigenvalue weighted by molar-refractivity contribution is -0.660. The molecule has 0 aliphatic heterocycles. The number of pyridine rings is 1. The fourth-order valence-corrected chi connectivity index (χ4v) is 5.55. The molecule has 1 aliphatic carbocycles. The van der Waals surface area contributed by atoms with Crippen molar-refractivity contribution >= 4 is 21.9 Å². The Morgan fingerprint density at radius 1 is 0.806 bits per heavy atom. The highest BCUT2D eigenvalue weighted by Gasteiger charge is 2.37. The van der Waals surface area contributed by atoms with Crippen molar-refractivity contribution in [2.24, 2.45) is 7.05 Å². The van der Waals surface area contributed by atoms with Gasteiger partial charge < -0.3 is 4.42 Å². The summed E-state index contributed by atoms with van der Waals surface area (Å²) in [5.41, 5.74) is 12.2. The highest BCUT2D eigenvalue weighted by atomic mass is 16.3. The van der Waals surface area contributed by atoms with Crippen LogP contribution in [0.5, 0.6) is 0 Å². The summed E-state index contributed by atoms with van der Waals surface area (Å²) >= 11 is 0. The van der Waals surface area contributed by atoms with Gasteiger partial charge in [-0.3, -0.25) is 0 Å². The van der Waals surface area contributed by atoms with Crippen LogP contribution < -0.4 is 4.57 Å². The molecule has 31 heavy (non-hydrogen) atoms. The Morgan fingerprint density at radius 2 is 1.61 bits per heavy atom. The topological polar surface area (TPSA) is 17.0 Å². The van der Waals surface area contributed by atoms with Gasteiger partial charge in [-0.15, -0.1) is 0 Å². The lowest BCUT2D eigenvalue weighted by atomic mass is 9.82. The van der Waals surface area contributed by atoms with Crippen molar-refractivity contribution < 1.29 is 8.98 Å². The van der Waals surface area contributed by atoms with Crippen molar-refractivity contribution in [3.05, 3.63) is 89.1 Å². The number of nitrogens with zero attached hydrogens (tertiary/aromatic N) is 1. The quantitative estimate of drug-likeness (QED) is 0.275. The number of aromatic nitrogens is 1. The molecule has 1 aliphatic rings. The first-order valence-corrected chi connectivity index (χ1v) is 10.9. The standard InChI is InChI=1S/C29H26NO/c1-17-10-14-23(30(5)16-17)25-18(2)11-12-20-27-24(31-28(20)25)15-13-22-26(27)19-8-6-7-9-21(19)29(22,3)4/h6-16H,1-5H3/q+1. The maximum atomic E-state index is 6.60. The third-order valence-corrected chi connectivity index (χ3v) is 7.10. The average Bonchev–Trinajstić information content (AvgIpc) is 3.22.